The van der Waals surface area contributed by atoms with E-state index in [1.165, 1.54) is 12.1 Å². The van der Waals surface area contributed by atoms with Crippen molar-refractivity contribution in [3.8, 4) is 11.1 Å². The highest BCUT2D eigenvalue weighted by Crippen LogP contribution is 2.37. The van der Waals surface area contributed by atoms with Crippen LogP contribution in [0.2, 0.25) is 5.02 Å². The number of sulfonamides is 1. The maximum Gasteiger partial charge on any atom is 0.410 e. The molecule has 0 bridgehead atoms. The summed E-state index contributed by atoms with van der Waals surface area (Å²) in [4.78, 5) is 21.0. The summed E-state index contributed by atoms with van der Waals surface area (Å²) < 4.78 is 36.6. The number of hydrogen-bond donors (Lipinski definition) is 1. The first kappa shape index (κ1) is 27.8. The van der Waals surface area contributed by atoms with E-state index in [-0.39, 0.29) is 11.0 Å². The highest BCUT2D eigenvalue weighted by molar-refractivity contribution is 7.92. The van der Waals surface area contributed by atoms with E-state index in [1.807, 2.05) is 56.8 Å². The van der Waals surface area contributed by atoms with Crippen LogP contribution >= 0.6 is 11.6 Å². The predicted molar refractivity (Wildman–Crippen MR) is 158 cm³/mol. The summed E-state index contributed by atoms with van der Waals surface area (Å²) in [6.45, 7) is 8.06. The lowest BCUT2D eigenvalue weighted by atomic mass is 10.0. The van der Waals surface area contributed by atoms with Crippen LogP contribution in [0.5, 0.6) is 0 Å². The third-order valence-corrected chi connectivity index (χ3v) is 8.26. The largest absolute Gasteiger partial charge is 0.444 e. The zero-order chi connectivity index (χ0) is 28.7. The van der Waals surface area contributed by atoms with Crippen molar-refractivity contribution < 1.29 is 17.9 Å². The zero-order valence-electron chi connectivity index (χ0n) is 22.9. The minimum Gasteiger partial charge on any atom is -0.444 e. The molecular formula is C29H32ClN5O4S. The summed E-state index contributed by atoms with van der Waals surface area (Å²) >= 11 is 6.05. The van der Waals surface area contributed by atoms with E-state index in [9.17, 15) is 13.2 Å². The Bertz CT molecular complexity index is 1670. The Balaban J connectivity index is 1.43. The highest BCUT2D eigenvalue weighted by Gasteiger charge is 2.26. The number of fused-ring (bicyclic) bond motifs is 1. The molecule has 5 rings (SSSR count). The summed E-state index contributed by atoms with van der Waals surface area (Å²) in [6.07, 6.45) is 3.24. The number of hydrogen-bond acceptors (Lipinski definition) is 6. The molecule has 0 unspecified atom stereocenters. The number of piperazine rings is 1. The van der Waals surface area contributed by atoms with Gasteiger partial charge >= 0.3 is 6.09 Å². The van der Waals surface area contributed by atoms with Gasteiger partial charge in [0.15, 0.2) is 0 Å². The first-order valence-corrected chi connectivity index (χ1v) is 14.8. The number of carbonyl (C=O) groups is 1. The summed E-state index contributed by atoms with van der Waals surface area (Å²) in [5.74, 6) is 0. The van der Waals surface area contributed by atoms with Gasteiger partial charge in [-0.1, -0.05) is 29.8 Å². The second-order valence-corrected chi connectivity index (χ2v) is 12.9. The molecule has 0 spiro atoms. The van der Waals surface area contributed by atoms with Gasteiger partial charge in [0.05, 0.1) is 16.0 Å². The van der Waals surface area contributed by atoms with Gasteiger partial charge in [-0.3, -0.25) is 4.72 Å². The van der Waals surface area contributed by atoms with Gasteiger partial charge in [0, 0.05) is 61.9 Å². The molecule has 3 heterocycles. The Morgan fingerprint density at radius 2 is 1.75 bits per heavy atom. The molecule has 1 N–H and O–H groups in total. The lowest BCUT2D eigenvalue weighted by Gasteiger charge is -2.36. The second kappa shape index (κ2) is 10.7. The van der Waals surface area contributed by atoms with Crippen LogP contribution in [0.1, 0.15) is 20.8 Å². The molecule has 1 aliphatic rings. The molecule has 1 fully saturated rings. The second-order valence-electron chi connectivity index (χ2n) is 10.8. The van der Waals surface area contributed by atoms with Crippen LogP contribution < -0.4 is 9.62 Å². The van der Waals surface area contributed by atoms with Gasteiger partial charge in [-0.05, 0) is 62.7 Å². The molecule has 0 atom stereocenters. The van der Waals surface area contributed by atoms with E-state index in [2.05, 4.69) is 20.7 Å². The number of pyridine rings is 1. The standard InChI is InChI=1S/C29H32ClN5O4S/c1-29(2,3)39-28(36)35-15-13-34(14-16-35)22-9-5-7-20(17-22)24-19-33(4)27-26(24)25(11-12-31-27)32-40(37,38)23-10-6-8-21(30)18-23/h5-12,17-19H,13-16H2,1-4H3,(H,31,32). The van der Waals surface area contributed by atoms with E-state index in [4.69, 9.17) is 16.3 Å². The molecule has 1 aliphatic heterocycles. The topological polar surface area (TPSA) is 96.8 Å². The van der Waals surface area contributed by atoms with Crippen molar-refractivity contribution in [2.24, 2.45) is 7.05 Å². The van der Waals surface area contributed by atoms with Gasteiger partial charge in [0.25, 0.3) is 10.0 Å². The minimum atomic E-state index is -3.89. The smallest absolute Gasteiger partial charge is 0.410 e. The zero-order valence-corrected chi connectivity index (χ0v) is 24.5. The molecule has 1 amide bonds. The maximum absolute atomic E-state index is 13.2. The number of carbonyl (C=O) groups excluding carboxylic acids is 1. The van der Waals surface area contributed by atoms with Crippen molar-refractivity contribution in [2.45, 2.75) is 31.3 Å². The number of anilines is 2. The quantitative estimate of drug-likeness (QED) is 0.322. The first-order valence-electron chi connectivity index (χ1n) is 13.0. The number of aromatic nitrogens is 2. The van der Waals surface area contributed by atoms with Crippen molar-refractivity contribution >= 4 is 50.1 Å². The number of halogens is 1. The molecule has 1 saturated heterocycles. The van der Waals surface area contributed by atoms with Gasteiger partial charge in [-0.15, -0.1) is 0 Å². The number of benzene rings is 2. The average molecular weight is 582 g/mol. The summed E-state index contributed by atoms with van der Waals surface area (Å²) in [5, 5.41) is 1.04. The van der Waals surface area contributed by atoms with E-state index in [0.29, 0.717) is 47.9 Å². The van der Waals surface area contributed by atoms with Crippen LogP contribution in [-0.2, 0) is 21.8 Å². The van der Waals surface area contributed by atoms with Crippen LogP contribution in [0.3, 0.4) is 0 Å². The van der Waals surface area contributed by atoms with E-state index in [0.717, 1.165) is 16.8 Å². The van der Waals surface area contributed by atoms with Gasteiger partial charge in [-0.25, -0.2) is 18.2 Å². The van der Waals surface area contributed by atoms with Crippen LogP contribution in [0.4, 0.5) is 16.2 Å². The third kappa shape index (κ3) is 5.88. The number of rotatable bonds is 5. The molecule has 0 aliphatic carbocycles. The van der Waals surface area contributed by atoms with Gasteiger partial charge in [-0.2, -0.15) is 0 Å². The predicted octanol–water partition coefficient (Wildman–Crippen LogP) is 5.75. The molecule has 40 heavy (non-hydrogen) atoms. The van der Waals surface area contributed by atoms with Crippen molar-refractivity contribution in [3.63, 3.8) is 0 Å². The third-order valence-electron chi connectivity index (χ3n) is 6.66. The molecule has 0 radical (unpaired) electrons. The molecule has 11 heteroatoms. The van der Waals surface area contributed by atoms with Crippen LogP contribution in [0.15, 0.2) is 71.9 Å². The summed E-state index contributed by atoms with van der Waals surface area (Å²) in [6, 6.07) is 15.9. The first-order chi connectivity index (χ1) is 18.9. The monoisotopic (exact) mass is 581 g/mol. The number of amides is 1. The van der Waals surface area contributed by atoms with Gasteiger partial charge < -0.3 is 19.1 Å². The Morgan fingerprint density at radius 3 is 2.45 bits per heavy atom. The maximum atomic E-state index is 13.2. The van der Waals surface area contributed by atoms with Crippen molar-refractivity contribution in [1.82, 2.24) is 14.5 Å². The number of ether oxygens (including phenoxy) is 1. The van der Waals surface area contributed by atoms with Crippen molar-refractivity contribution in [1.29, 1.82) is 0 Å². The lowest BCUT2D eigenvalue weighted by molar-refractivity contribution is 0.0240. The number of nitrogens with one attached hydrogen (secondary N) is 1. The summed E-state index contributed by atoms with van der Waals surface area (Å²) in [5.41, 5.74) is 3.34. The molecule has 2 aromatic heterocycles. The SMILES string of the molecule is Cn1cc(-c2cccc(N3CCN(C(=O)OC(C)(C)C)CC3)c2)c2c(NS(=O)(=O)c3cccc(Cl)c3)ccnc21. The Hall–Kier alpha value is -3.76. The summed E-state index contributed by atoms with van der Waals surface area (Å²) in [7, 11) is -2.01. The van der Waals surface area contributed by atoms with Gasteiger partial charge in [0.2, 0.25) is 0 Å². The van der Waals surface area contributed by atoms with Crippen LogP contribution in [0.25, 0.3) is 22.2 Å². The van der Waals surface area contributed by atoms with E-state index < -0.39 is 15.6 Å². The fourth-order valence-electron chi connectivity index (χ4n) is 4.79. The van der Waals surface area contributed by atoms with Crippen molar-refractivity contribution in [2.75, 3.05) is 35.8 Å². The molecule has 210 valence electrons. The Labute approximate surface area is 239 Å². The number of aryl methyl sites for hydroxylation is 1. The normalized spacial score (nSPS) is 14.4. The fourth-order valence-corrected chi connectivity index (χ4v) is 6.16. The minimum absolute atomic E-state index is 0.0787. The molecule has 4 aromatic rings. The van der Waals surface area contributed by atoms with Crippen LogP contribution in [-0.4, -0.2) is 60.7 Å². The van der Waals surface area contributed by atoms with Crippen molar-refractivity contribution in [3.05, 3.63) is 72.0 Å². The Morgan fingerprint density at radius 1 is 1.02 bits per heavy atom. The molecule has 0 saturated carbocycles. The molecule has 2 aromatic carbocycles. The molecule has 9 nitrogen and oxygen atoms in total. The van der Waals surface area contributed by atoms with E-state index in [1.54, 1.807) is 29.3 Å². The lowest BCUT2D eigenvalue weighted by Crippen LogP contribution is -2.50. The Kier molecular flexibility index (Phi) is 7.41. The fraction of sp³-hybridized carbons (Fsp3) is 0.310. The van der Waals surface area contributed by atoms with Crippen LogP contribution in [0, 0.1) is 0 Å². The molecular weight excluding hydrogens is 550 g/mol. The highest BCUT2D eigenvalue weighted by atomic mass is 35.5. The average Bonchev–Trinajstić information content (AvgIpc) is 3.25. The van der Waals surface area contributed by atoms with E-state index >= 15 is 0 Å². The number of nitrogens with zero attached hydrogens (tertiary/aromatic N) is 4. The van der Waals surface area contributed by atoms with Gasteiger partial charge in [0.1, 0.15) is 11.2 Å².